The van der Waals surface area contributed by atoms with Gasteiger partial charge in [0.15, 0.2) is 0 Å². The summed E-state index contributed by atoms with van der Waals surface area (Å²) in [4.78, 5) is 2.56. The van der Waals surface area contributed by atoms with Crippen molar-refractivity contribution < 1.29 is 0 Å². The Balaban J connectivity index is 1.69. The Kier molecular flexibility index (Phi) is 3.23. The highest BCUT2D eigenvalue weighted by molar-refractivity contribution is 4.82. The Hall–Kier alpha value is -0.0800. The van der Waals surface area contributed by atoms with Crippen molar-refractivity contribution in [1.82, 2.24) is 10.2 Å². The smallest absolute Gasteiger partial charge is 0.0195 e. The van der Waals surface area contributed by atoms with Gasteiger partial charge in [0.05, 0.1) is 0 Å². The molecule has 1 saturated carbocycles. The van der Waals surface area contributed by atoms with E-state index in [0.29, 0.717) is 0 Å². The first-order valence-corrected chi connectivity index (χ1v) is 5.80. The van der Waals surface area contributed by atoms with E-state index in [4.69, 9.17) is 0 Å². The molecule has 2 aliphatic rings. The van der Waals surface area contributed by atoms with Gasteiger partial charge in [0.2, 0.25) is 0 Å². The molecule has 1 saturated heterocycles. The molecule has 0 spiro atoms. The highest BCUT2D eigenvalue weighted by atomic mass is 15.2. The third-order valence-corrected chi connectivity index (χ3v) is 3.62. The maximum absolute atomic E-state index is 3.61. The first-order valence-electron chi connectivity index (χ1n) is 5.80. The molecule has 0 aromatic rings. The molecule has 76 valence electrons. The molecule has 0 aromatic heterocycles. The van der Waals surface area contributed by atoms with Crippen molar-refractivity contribution in [1.29, 1.82) is 0 Å². The zero-order valence-corrected chi connectivity index (χ0v) is 8.76. The largest absolute Gasteiger partial charge is 0.313 e. The maximum atomic E-state index is 3.61. The number of nitrogens with zero attached hydrogens (tertiary/aromatic N) is 1. The van der Waals surface area contributed by atoms with Crippen molar-refractivity contribution >= 4 is 0 Å². The minimum Gasteiger partial charge on any atom is -0.313 e. The van der Waals surface area contributed by atoms with E-state index in [2.05, 4.69) is 17.3 Å². The molecule has 1 heterocycles. The minimum atomic E-state index is 0.777. The van der Waals surface area contributed by atoms with Crippen LogP contribution < -0.4 is 5.32 Å². The van der Waals surface area contributed by atoms with E-state index in [-0.39, 0.29) is 0 Å². The summed E-state index contributed by atoms with van der Waals surface area (Å²) in [6, 6.07) is 1.68. The van der Waals surface area contributed by atoms with Crippen molar-refractivity contribution in [3.05, 3.63) is 0 Å². The van der Waals surface area contributed by atoms with E-state index < -0.39 is 0 Å². The molecule has 2 fully saturated rings. The lowest BCUT2D eigenvalue weighted by Crippen LogP contribution is -2.47. The molecule has 0 amide bonds. The molecule has 0 aromatic carbocycles. The Bertz CT molecular complexity index is 148. The van der Waals surface area contributed by atoms with Gasteiger partial charge in [-0.25, -0.2) is 0 Å². The molecule has 1 N–H and O–H groups in total. The fourth-order valence-corrected chi connectivity index (χ4v) is 2.40. The monoisotopic (exact) mass is 182 g/mol. The van der Waals surface area contributed by atoms with Crippen molar-refractivity contribution in [2.75, 3.05) is 20.1 Å². The van der Waals surface area contributed by atoms with E-state index in [0.717, 1.165) is 12.1 Å². The highest BCUT2D eigenvalue weighted by Gasteiger charge is 2.24. The van der Waals surface area contributed by atoms with Crippen molar-refractivity contribution in [3.8, 4) is 0 Å². The summed E-state index contributed by atoms with van der Waals surface area (Å²) < 4.78 is 0. The SMILES string of the molecule is CN(C[C@@H]1CCCCN1)C1CCC1. The Labute approximate surface area is 81.7 Å². The van der Waals surface area contributed by atoms with Gasteiger partial charge in [-0.15, -0.1) is 0 Å². The van der Waals surface area contributed by atoms with Gasteiger partial charge in [-0.05, 0) is 39.3 Å². The molecule has 1 aliphatic carbocycles. The Morgan fingerprint density at radius 1 is 1.15 bits per heavy atom. The van der Waals surface area contributed by atoms with Gasteiger partial charge < -0.3 is 10.2 Å². The van der Waals surface area contributed by atoms with Crippen LogP contribution in [0.2, 0.25) is 0 Å². The van der Waals surface area contributed by atoms with Gasteiger partial charge in [0.25, 0.3) is 0 Å². The normalized spacial score (nSPS) is 30.5. The molecule has 0 radical (unpaired) electrons. The summed E-state index contributed by atoms with van der Waals surface area (Å²) in [6.07, 6.45) is 8.51. The second-order valence-electron chi connectivity index (χ2n) is 4.67. The molecule has 0 bridgehead atoms. The predicted octanol–water partition coefficient (Wildman–Crippen LogP) is 1.61. The van der Waals surface area contributed by atoms with Crippen LogP contribution in [0.1, 0.15) is 38.5 Å². The summed E-state index contributed by atoms with van der Waals surface area (Å²) in [5.41, 5.74) is 0. The van der Waals surface area contributed by atoms with Crippen LogP contribution in [0.3, 0.4) is 0 Å². The highest BCUT2D eigenvalue weighted by Crippen LogP contribution is 2.24. The molecule has 2 rings (SSSR count). The molecule has 2 heteroatoms. The van der Waals surface area contributed by atoms with Crippen molar-refractivity contribution in [2.45, 2.75) is 50.6 Å². The molecular formula is C11H22N2. The van der Waals surface area contributed by atoms with Crippen LogP contribution in [0.15, 0.2) is 0 Å². The lowest BCUT2D eigenvalue weighted by Gasteiger charge is -2.37. The van der Waals surface area contributed by atoms with Crippen LogP contribution >= 0.6 is 0 Å². The van der Waals surface area contributed by atoms with Gasteiger partial charge in [-0.1, -0.05) is 12.8 Å². The molecule has 2 nitrogen and oxygen atoms in total. The average molecular weight is 182 g/mol. The number of likely N-dealkylation sites (N-methyl/N-ethyl adjacent to an activating group) is 1. The summed E-state index contributed by atoms with van der Waals surface area (Å²) in [7, 11) is 2.29. The summed E-state index contributed by atoms with van der Waals surface area (Å²) in [5, 5.41) is 3.61. The standard InChI is InChI=1S/C11H22N2/c1-13(11-6-4-7-11)9-10-5-2-3-8-12-10/h10-12H,2-9H2,1H3/t10-/m0/s1. The topological polar surface area (TPSA) is 15.3 Å². The summed E-state index contributed by atoms with van der Waals surface area (Å²) >= 11 is 0. The van der Waals surface area contributed by atoms with E-state index in [1.807, 2.05) is 0 Å². The summed E-state index contributed by atoms with van der Waals surface area (Å²) in [5.74, 6) is 0. The number of rotatable bonds is 3. The first kappa shape index (κ1) is 9.47. The Morgan fingerprint density at radius 2 is 2.00 bits per heavy atom. The maximum Gasteiger partial charge on any atom is 0.0195 e. The van der Waals surface area contributed by atoms with Crippen LogP contribution in [0, 0.1) is 0 Å². The van der Waals surface area contributed by atoms with Crippen LogP contribution in [-0.2, 0) is 0 Å². The lowest BCUT2D eigenvalue weighted by atomic mass is 9.91. The third-order valence-electron chi connectivity index (χ3n) is 3.62. The van der Waals surface area contributed by atoms with E-state index >= 15 is 0 Å². The molecule has 1 aliphatic heterocycles. The second-order valence-corrected chi connectivity index (χ2v) is 4.67. The number of hydrogen-bond donors (Lipinski definition) is 1. The van der Waals surface area contributed by atoms with Gasteiger partial charge in [0, 0.05) is 18.6 Å². The number of piperidine rings is 1. The van der Waals surface area contributed by atoms with E-state index in [1.165, 1.54) is 51.6 Å². The second kappa shape index (κ2) is 4.43. The van der Waals surface area contributed by atoms with Crippen LogP contribution in [0.5, 0.6) is 0 Å². The van der Waals surface area contributed by atoms with Crippen LogP contribution in [-0.4, -0.2) is 37.1 Å². The van der Waals surface area contributed by atoms with Gasteiger partial charge >= 0.3 is 0 Å². The number of hydrogen-bond acceptors (Lipinski definition) is 2. The van der Waals surface area contributed by atoms with Crippen molar-refractivity contribution in [3.63, 3.8) is 0 Å². The molecule has 0 unspecified atom stereocenters. The summed E-state index contributed by atoms with van der Waals surface area (Å²) in [6.45, 7) is 2.51. The van der Waals surface area contributed by atoms with Gasteiger partial charge in [-0.2, -0.15) is 0 Å². The zero-order valence-electron chi connectivity index (χ0n) is 8.76. The van der Waals surface area contributed by atoms with Crippen LogP contribution in [0.4, 0.5) is 0 Å². The molecular weight excluding hydrogens is 160 g/mol. The average Bonchev–Trinajstić information content (AvgIpc) is 2.02. The predicted molar refractivity (Wildman–Crippen MR) is 55.9 cm³/mol. The third kappa shape index (κ3) is 2.44. The van der Waals surface area contributed by atoms with E-state index in [1.54, 1.807) is 0 Å². The quantitative estimate of drug-likeness (QED) is 0.713. The molecule has 1 atom stereocenters. The minimum absolute atomic E-state index is 0.777. The lowest BCUT2D eigenvalue weighted by molar-refractivity contribution is 0.139. The Morgan fingerprint density at radius 3 is 2.54 bits per heavy atom. The van der Waals surface area contributed by atoms with Gasteiger partial charge in [-0.3, -0.25) is 0 Å². The van der Waals surface area contributed by atoms with E-state index in [9.17, 15) is 0 Å². The first-order chi connectivity index (χ1) is 6.36. The fourth-order valence-electron chi connectivity index (χ4n) is 2.40. The van der Waals surface area contributed by atoms with Gasteiger partial charge in [0.1, 0.15) is 0 Å². The number of nitrogens with one attached hydrogen (secondary N) is 1. The fraction of sp³-hybridized carbons (Fsp3) is 1.00. The van der Waals surface area contributed by atoms with Crippen molar-refractivity contribution in [2.24, 2.45) is 0 Å². The zero-order chi connectivity index (χ0) is 9.10. The van der Waals surface area contributed by atoms with Crippen LogP contribution in [0.25, 0.3) is 0 Å². The molecule has 13 heavy (non-hydrogen) atoms.